The summed E-state index contributed by atoms with van der Waals surface area (Å²) in [6.07, 6.45) is 6.88. The van der Waals surface area contributed by atoms with E-state index in [1.165, 1.54) is 25.7 Å². The summed E-state index contributed by atoms with van der Waals surface area (Å²) in [5, 5.41) is 0. The molecule has 28 heavy (non-hydrogen) atoms. The number of likely N-dealkylation sites (tertiary alicyclic amines) is 1. The second-order valence-corrected chi connectivity index (χ2v) is 10.2. The molecule has 1 saturated heterocycles. The zero-order valence-corrected chi connectivity index (χ0v) is 18.9. The molecule has 0 saturated carbocycles. The highest BCUT2D eigenvalue weighted by atomic mass is 79.9. The second-order valence-electron chi connectivity index (χ2n) is 7.57. The minimum atomic E-state index is -3.69. The van der Waals surface area contributed by atoms with Crippen LogP contribution in [0.25, 0.3) is 0 Å². The topological polar surface area (TPSA) is 69.7 Å². The molecule has 1 aromatic rings. The lowest BCUT2D eigenvalue weighted by Gasteiger charge is -2.21. The molecule has 0 aliphatic carbocycles. The van der Waals surface area contributed by atoms with Crippen molar-refractivity contribution >= 4 is 37.5 Å². The molecule has 0 spiro atoms. The Morgan fingerprint density at radius 1 is 1.14 bits per heavy atom. The molecule has 0 unspecified atom stereocenters. The summed E-state index contributed by atoms with van der Waals surface area (Å²) in [6, 6.07) is 3.52. The number of nitrogens with zero attached hydrogens (tertiary/aromatic N) is 2. The summed E-state index contributed by atoms with van der Waals surface area (Å²) in [4.78, 5) is 16.5. The summed E-state index contributed by atoms with van der Waals surface area (Å²) >= 11 is 3.42. The molecule has 1 N–H and O–H groups in total. The Labute approximate surface area is 176 Å². The summed E-state index contributed by atoms with van der Waals surface area (Å²) < 4.78 is 29.5. The summed E-state index contributed by atoms with van der Waals surface area (Å²) in [5.74, 6) is -0.0429. The molecule has 8 heteroatoms. The van der Waals surface area contributed by atoms with Crippen molar-refractivity contribution in [2.45, 2.75) is 56.8 Å². The lowest BCUT2D eigenvalue weighted by molar-refractivity contribution is -0.118. The van der Waals surface area contributed by atoms with Gasteiger partial charge in [0.15, 0.2) is 0 Å². The fraction of sp³-hybridized carbons (Fsp3) is 0.650. The summed E-state index contributed by atoms with van der Waals surface area (Å²) in [5.41, 5.74) is 1.45. The van der Waals surface area contributed by atoms with Crippen LogP contribution in [0.3, 0.4) is 0 Å². The Balaban J connectivity index is 1.69. The van der Waals surface area contributed by atoms with E-state index in [-0.39, 0.29) is 10.8 Å². The van der Waals surface area contributed by atoms with Crippen LogP contribution in [-0.4, -0.2) is 51.9 Å². The second kappa shape index (κ2) is 9.69. The van der Waals surface area contributed by atoms with Crippen LogP contribution < -0.4 is 9.62 Å². The predicted molar refractivity (Wildman–Crippen MR) is 115 cm³/mol. The molecule has 6 nitrogen and oxygen atoms in total. The molecule has 0 atom stereocenters. The van der Waals surface area contributed by atoms with Crippen LogP contribution in [0.5, 0.6) is 0 Å². The number of carbonyl (C=O) groups excluding carboxylic acids is 1. The van der Waals surface area contributed by atoms with Crippen molar-refractivity contribution in [1.82, 2.24) is 9.62 Å². The average molecular weight is 472 g/mol. The lowest BCUT2D eigenvalue weighted by atomic mass is 10.2. The van der Waals surface area contributed by atoms with Gasteiger partial charge in [-0.25, -0.2) is 13.1 Å². The molecule has 2 aliphatic heterocycles. The van der Waals surface area contributed by atoms with Gasteiger partial charge in [0.1, 0.15) is 4.90 Å². The number of amides is 1. The summed E-state index contributed by atoms with van der Waals surface area (Å²) in [6.45, 7) is 5.88. The van der Waals surface area contributed by atoms with Crippen molar-refractivity contribution in [3.63, 3.8) is 0 Å². The van der Waals surface area contributed by atoms with E-state index in [1.807, 2.05) is 6.07 Å². The monoisotopic (exact) mass is 471 g/mol. The molecule has 0 radical (unpaired) electrons. The smallest absolute Gasteiger partial charge is 0.242 e. The highest BCUT2D eigenvalue weighted by Gasteiger charge is 2.31. The van der Waals surface area contributed by atoms with Crippen LogP contribution in [0.1, 0.15) is 51.0 Å². The van der Waals surface area contributed by atoms with Gasteiger partial charge in [-0.3, -0.25) is 4.79 Å². The normalized spacial score (nSPS) is 18.1. The van der Waals surface area contributed by atoms with Gasteiger partial charge in [0.05, 0.1) is 5.69 Å². The largest absolute Gasteiger partial charge is 0.310 e. The van der Waals surface area contributed by atoms with E-state index in [2.05, 4.69) is 25.6 Å². The van der Waals surface area contributed by atoms with Crippen molar-refractivity contribution in [3.05, 3.63) is 22.2 Å². The molecule has 1 amide bonds. The molecule has 2 heterocycles. The number of rotatable bonds is 7. The van der Waals surface area contributed by atoms with E-state index < -0.39 is 10.0 Å². The maximum atomic E-state index is 13.0. The minimum Gasteiger partial charge on any atom is -0.310 e. The number of fused-ring (bicyclic) bond motifs is 1. The van der Waals surface area contributed by atoms with Crippen molar-refractivity contribution in [3.8, 4) is 0 Å². The average Bonchev–Trinajstić information content (AvgIpc) is 2.91. The first-order valence-corrected chi connectivity index (χ1v) is 12.5. The third-order valence-corrected chi connectivity index (χ3v) is 7.46. The molecule has 0 bridgehead atoms. The Hall–Kier alpha value is -0.960. The number of hydrogen-bond acceptors (Lipinski definition) is 4. The molecular weight excluding hydrogens is 442 g/mol. The zero-order chi connectivity index (χ0) is 20.1. The van der Waals surface area contributed by atoms with Gasteiger partial charge >= 0.3 is 0 Å². The quantitative estimate of drug-likeness (QED) is 0.619. The molecular formula is C20H30BrN3O3S. The SMILES string of the molecule is CCC(=O)N1CCc2cc(Br)cc(S(=O)(=O)NCCCN3CCCCCC3)c21. The van der Waals surface area contributed by atoms with Crippen LogP contribution in [-0.2, 0) is 21.2 Å². The molecule has 3 rings (SSSR count). The minimum absolute atomic E-state index is 0.0429. The van der Waals surface area contributed by atoms with Gasteiger partial charge in [0, 0.05) is 24.0 Å². The molecule has 1 aromatic carbocycles. The maximum Gasteiger partial charge on any atom is 0.242 e. The number of sulfonamides is 1. The first-order valence-electron chi connectivity index (χ1n) is 10.3. The van der Waals surface area contributed by atoms with Gasteiger partial charge in [0.2, 0.25) is 15.9 Å². The van der Waals surface area contributed by atoms with Crippen LogP contribution in [0.4, 0.5) is 5.69 Å². The Bertz CT molecular complexity index is 805. The lowest BCUT2D eigenvalue weighted by Crippen LogP contribution is -2.33. The molecule has 156 valence electrons. The number of nitrogens with one attached hydrogen (secondary N) is 1. The van der Waals surface area contributed by atoms with Gasteiger partial charge in [0.25, 0.3) is 0 Å². The van der Waals surface area contributed by atoms with Gasteiger partial charge in [-0.2, -0.15) is 0 Å². The van der Waals surface area contributed by atoms with E-state index in [0.717, 1.165) is 36.1 Å². The van der Waals surface area contributed by atoms with Crippen LogP contribution >= 0.6 is 15.9 Å². The number of hydrogen-bond donors (Lipinski definition) is 1. The number of carbonyl (C=O) groups is 1. The standard InChI is InChI=1S/C20H30BrN3O3S/c1-2-19(25)24-13-8-16-14-17(21)15-18(20(16)24)28(26,27)22-9-7-12-23-10-5-3-4-6-11-23/h14-15,22H,2-13H2,1H3. The molecule has 2 aliphatic rings. The zero-order valence-electron chi connectivity index (χ0n) is 16.5. The van der Waals surface area contributed by atoms with E-state index in [1.54, 1.807) is 17.9 Å². The van der Waals surface area contributed by atoms with Crippen molar-refractivity contribution in [1.29, 1.82) is 0 Å². The van der Waals surface area contributed by atoms with Gasteiger partial charge in [-0.15, -0.1) is 0 Å². The van der Waals surface area contributed by atoms with Gasteiger partial charge in [-0.1, -0.05) is 35.7 Å². The third-order valence-electron chi connectivity index (χ3n) is 5.53. The first-order chi connectivity index (χ1) is 13.4. The van der Waals surface area contributed by atoms with Crippen molar-refractivity contribution in [2.75, 3.05) is 37.6 Å². The van der Waals surface area contributed by atoms with Crippen LogP contribution in [0, 0.1) is 0 Å². The number of anilines is 1. The molecule has 1 fully saturated rings. The Kier molecular flexibility index (Phi) is 7.53. The first kappa shape index (κ1) is 21.7. The maximum absolute atomic E-state index is 13.0. The Morgan fingerprint density at radius 2 is 1.86 bits per heavy atom. The van der Waals surface area contributed by atoms with Gasteiger partial charge < -0.3 is 9.80 Å². The fourth-order valence-corrected chi connectivity index (χ4v) is 6.06. The third kappa shape index (κ3) is 5.14. The van der Waals surface area contributed by atoms with Gasteiger partial charge in [-0.05, 0) is 63.0 Å². The Morgan fingerprint density at radius 3 is 2.54 bits per heavy atom. The fourth-order valence-electron chi connectivity index (χ4n) is 4.06. The van der Waals surface area contributed by atoms with Crippen LogP contribution in [0.2, 0.25) is 0 Å². The van der Waals surface area contributed by atoms with E-state index in [9.17, 15) is 13.2 Å². The predicted octanol–water partition coefficient (Wildman–Crippen LogP) is 3.29. The molecule has 0 aromatic heterocycles. The number of halogens is 1. The van der Waals surface area contributed by atoms with Crippen molar-refractivity contribution < 1.29 is 13.2 Å². The highest BCUT2D eigenvalue weighted by molar-refractivity contribution is 9.10. The van der Waals surface area contributed by atoms with E-state index in [4.69, 9.17) is 0 Å². The van der Waals surface area contributed by atoms with Crippen LogP contribution in [0.15, 0.2) is 21.5 Å². The van der Waals surface area contributed by atoms with Crippen molar-refractivity contribution in [2.24, 2.45) is 0 Å². The summed E-state index contributed by atoms with van der Waals surface area (Å²) in [7, 11) is -3.69. The van der Waals surface area contributed by atoms with E-state index in [0.29, 0.717) is 31.6 Å². The van der Waals surface area contributed by atoms with E-state index >= 15 is 0 Å². The number of benzene rings is 1. The highest BCUT2D eigenvalue weighted by Crippen LogP contribution is 2.37.